The Labute approximate surface area is 116 Å². The van der Waals surface area contributed by atoms with Crippen molar-refractivity contribution >= 4 is 33.0 Å². The molecule has 1 saturated heterocycles. The van der Waals surface area contributed by atoms with Gasteiger partial charge >= 0.3 is 0 Å². The summed E-state index contributed by atoms with van der Waals surface area (Å²) in [6, 6.07) is 0.299. The number of likely N-dealkylation sites (N-methyl/N-ethyl adjacent to an activating group) is 2. The smallest absolute Gasteiger partial charge is 0.254 e. The van der Waals surface area contributed by atoms with Gasteiger partial charge in [-0.15, -0.1) is 0 Å². The van der Waals surface area contributed by atoms with Crippen LogP contribution in [0.3, 0.4) is 0 Å². The molecule has 2 rings (SSSR count). The Morgan fingerprint density at radius 3 is 2.89 bits per heavy atom. The number of hydrogen-bond donors (Lipinski definition) is 0. The fraction of sp³-hybridized carbons (Fsp3) is 0.700. The number of rotatable bonds is 4. The number of thiazole rings is 1. The molecule has 0 saturated carbocycles. The van der Waals surface area contributed by atoms with Gasteiger partial charge in [-0.3, -0.25) is 0 Å². The molecule has 0 aliphatic carbocycles. The second kappa shape index (κ2) is 5.42. The first kappa shape index (κ1) is 14.2. The minimum Gasteiger partial charge on any atom is -0.302 e. The van der Waals surface area contributed by atoms with Crippen molar-refractivity contribution in [2.75, 3.05) is 27.2 Å². The number of aromatic nitrogens is 1. The minimum atomic E-state index is -3.45. The Kier molecular flexibility index (Phi) is 4.28. The molecule has 18 heavy (non-hydrogen) atoms. The van der Waals surface area contributed by atoms with Gasteiger partial charge in [-0.1, -0.05) is 22.9 Å². The maximum Gasteiger partial charge on any atom is 0.254 e. The van der Waals surface area contributed by atoms with Crippen LogP contribution >= 0.6 is 22.9 Å². The molecule has 1 aliphatic heterocycles. The van der Waals surface area contributed by atoms with Crippen LogP contribution in [0, 0.1) is 0 Å². The number of nitrogens with zero attached hydrogens (tertiary/aromatic N) is 3. The molecule has 8 heteroatoms. The third kappa shape index (κ3) is 2.85. The Balaban J connectivity index is 2.10. The van der Waals surface area contributed by atoms with Gasteiger partial charge in [0.25, 0.3) is 10.0 Å². The summed E-state index contributed by atoms with van der Waals surface area (Å²) >= 11 is 6.67. The van der Waals surface area contributed by atoms with Crippen LogP contribution in [0.5, 0.6) is 0 Å². The van der Waals surface area contributed by atoms with Gasteiger partial charge in [-0.25, -0.2) is 13.4 Å². The van der Waals surface area contributed by atoms with Crippen molar-refractivity contribution in [3.05, 3.63) is 10.7 Å². The summed E-state index contributed by atoms with van der Waals surface area (Å²) in [5.41, 5.74) is 0. The zero-order valence-corrected chi connectivity index (χ0v) is 12.7. The Morgan fingerprint density at radius 1 is 1.67 bits per heavy atom. The second-order valence-corrected chi connectivity index (χ2v) is 8.38. The third-order valence-electron chi connectivity index (χ3n) is 3.26. The topological polar surface area (TPSA) is 53.5 Å². The molecule has 1 fully saturated rings. The van der Waals surface area contributed by atoms with E-state index in [1.54, 1.807) is 7.05 Å². The molecule has 5 nitrogen and oxygen atoms in total. The highest BCUT2D eigenvalue weighted by Gasteiger charge is 2.29. The highest BCUT2D eigenvalue weighted by molar-refractivity contribution is 7.91. The van der Waals surface area contributed by atoms with E-state index in [1.807, 2.05) is 7.05 Å². The van der Waals surface area contributed by atoms with Gasteiger partial charge in [0.05, 0.1) is 6.20 Å². The lowest BCUT2D eigenvalue weighted by molar-refractivity contribution is 0.271. The van der Waals surface area contributed by atoms with Crippen LogP contribution in [0.1, 0.15) is 12.8 Å². The predicted molar refractivity (Wildman–Crippen MR) is 72.6 cm³/mol. The minimum absolute atomic E-state index is 0.204. The van der Waals surface area contributed by atoms with Gasteiger partial charge in [-0.2, -0.15) is 4.31 Å². The molecule has 1 atom stereocenters. The molecule has 0 bridgehead atoms. The first-order valence-electron chi connectivity index (χ1n) is 5.69. The van der Waals surface area contributed by atoms with E-state index in [2.05, 4.69) is 9.88 Å². The van der Waals surface area contributed by atoms with Crippen LogP contribution < -0.4 is 0 Å². The van der Waals surface area contributed by atoms with E-state index in [1.165, 1.54) is 10.5 Å². The molecule has 102 valence electrons. The van der Waals surface area contributed by atoms with Crippen LogP contribution in [0.15, 0.2) is 10.4 Å². The highest BCUT2D eigenvalue weighted by Crippen LogP contribution is 2.26. The van der Waals surface area contributed by atoms with E-state index in [9.17, 15) is 8.42 Å². The molecule has 0 spiro atoms. The molecular formula is C10H16ClN3O2S2. The number of halogens is 1. The monoisotopic (exact) mass is 309 g/mol. The lowest BCUT2D eigenvalue weighted by Gasteiger charge is -2.24. The highest BCUT2D eigenvalue weighted by atomic mass is 35.5. The van der Waals surface area contributed by atoms with E-state index in [0.29, 0.717) is 12.6 Å². The van der Waals surface area contributed by atoms with Crippen molar-refractivity contribution in [1.29, 1.82) is 0 Å². The molecule has 0 amide bonds. The molecular weight excluding hydrogens is 294 g/mol. The van der Waals surface area contributed by atoms with Gasteiger partial charge in [0.2, 0.25) is 0 Å². The Bertz CT molecular complexity index is 517. The van der Waals surface area contributed by atoms with Gasteiger partial charge in [-0.05, 0) is 26.4 Å². The van der Waals surface area contributed by atoms with E-state index in [-0.39, 0.29) is 8.68 Å². The fourth-order valence-electron chi connectivity index (χ4n) is 2.12. The third-order valence-corrected chi connectivity index (χ3v) is 6.64. The van der Waals surface area contributed by atoms with Crippen molar-refractivity contribution in [2.24, 2.45) is 0 Å². The zero-order chi connectivity index (χ0) is 13.3. The largest absolute Gasteiger partial charge is 0.302 e. The van der Waals surface area contributed by atoms with Gasteiger partial charge in [0, 0.05) is 19.6 Å². The van der Waals surface area contributed by atoms with Gasteiger partial charge in [0.15, 0.2) is 8.68 Å². The molecule has 1 aromatic rings. The first-order chi connectivity index (χ1) is 8.41. The lowest BCUT2D eigenvalue weighted by Crippen LogP contribution is -2.39. The number of sulfonamides is 1. The second-order valence-electron chi connectivity index (χ2n) is 4.49. The molecule has 1 aromatic heterocycles. The molecule has 1 aliphatic rings. The van der Waals surface area contributed by atoms with Crippen LogP contribution in [0.25, 0.3) is 0 Å². The molecule has 2 heterocycles. The van der Waals surface area contributed by atoms with Crippen LogP contribution in [-0.4, -0.2) is 55.8 Å². The van der Waals surface area contributed by atoms with E-state index in [0.717, 1.165) is 30.7 Å². The summed E-state index contributed by atoms with van der Waals surface area (Å²) in [5.74, 6) is 0. The average Bonchev–Trinajstić information content (AvgIpc) is 2.89. The van der Waals surface area contributed by atoms with Crippen LogP contribution in [0.4, 0.5) is 0 Å². The molecule has 1 unspecified atom stereocenters. The molecule has 0 aromatic carbocycles. The van der Waals surface area contributed by atoms with Crippen molar-refractivity contribution in [3.8, 4) is 0 Å². The quantitative estimate of drug-likeness (QED) is 0.846. The van der Waals surface area contributed by atoms with Crippen molar-refractivity contribution < 1.29 is 8.42 Å². The van der Waals surface area contributed by atoms with Crippen molar-refractivity contribution in [1.82, 2.24) is 14.2 Å². The summed E-state index contributed by atoms with van der Waals surface area (Å²) in [6.07, 6.45) is 3.48. The summed E-state index contributed by atoms with van der Waals surface area (Å²) in [4.78, 5) is 5.98. The first-order valence-corrected chi connectivity index (χ1v) is 8.32. The Morgan fingerprint density at radius 2 is 2.39 bits per heavy atom. The summed E-state index contributed by atoms with van der Waals surface area (Å²) in [5, 5.41) is 0. The van der Waals surface area contributed by atoms with Gasteiger partial charge < -0.3 is 4.90 Å². The lowest BCUT2D eigenvalue weighted by atomic mass is 10.2. The van der Waals surface area contributed by atoms with Crippen molar-refractivity contribution in [2.45, 2.75) is 23.1 Å². The normalized spacial score (nSPS) is 21.9. The number of likely N-dealkylation sites (tertiary alicyclic amines) is 1. The fourth-order valence-corrected chi connectivity index (χ4v) is 4.83. The van der Waals surface area contributed by atoms with Crippen LogP contribution in [-0.2, 0) is 10.0 Å². The standard InChI is InChI=1S/C10H16ClN3O2S2/c1-13-5-3-4-8(13)7-14(2)18(15,16)9-6-12-10(11)17-9/h6,8H,3-5,7H2,1-2H3. The maximum absolute atomic E-state index is 12.3. The number of hydrogen-bond acceptors (Lipinski definition) is 5. The summed E-state index contributed by atoms with van der Waals surface area (Å²) in [6.45, 7) is 1.54. The summed E-state index contributed by atoms with van der Waals surface area (Å²) < 4.78 is 26.4. The van der Waals surface area contributed by atoms with E-state index in [4.69, 9.17) is 11.6 Å². The summed E-state index contributed by atoms with van der Waals surface area (Å²) in [7, 11) is 0.185. The van der Waals surface area contributed by atoms with E-state index < -0.39 is 10.0 Å². The molecule has 0 N–H and O–H groups in total. The van der Waals surface area contributed by atoms with Crippen LogP contribution in [0.2, 0.25) is 4.47 Å². The maximum atomic E-state index is 12.3. The van der Waals surface area contributed by atoms with Crippen molar-refractivity contribution in [3.63, 3.8) is 0 Å². The Hall–Kier alpha value is -0.210. The van der Waals surface area contributed by atoms with E-state index >= 15 is 0 Å². The predicted octanol–water partition coefficient (Wildman–Crippen LogP) is 1.51. The van der Waals surface area contributed by atoms with Gasteiger partial charge in [0.1, 0.15) is 0 Å². The zero-order valence-electron chi connectivity index (χ0n) is 10.3. The SMILES string of the molecule is CN1CCCC1CN(C)S(=O)(=O)c1cnc(Cl)s1. The molecule has 0 radical (unpaired) electrons. The average molecular weight is 310 g/mol.